The van der Waals surface area contributed by atoms with Crippen LogP contribution in [0, 0.1) is 0 Å². The molecule has 1 fully saturated rings. The van der Waals surface area contributed by atoms with E-state index in [9.17, 15) is 9.59 Å². The van der Waals surface area contributed by atoms with Crippen LogP contribution in [0.1, 0.15) is 31.8 Å². The first-order valence-corrected chi connectivity index (χ1v) is 11.1. The SMILES string of the molecule is O=C1c2cccc(Cl)c2C(=O)c2c1cccc2N1CCOCCOCCOCCOCC1. The molecule has 2 aliphatic rings. The number of carbonyl (C=O) groups is 2. The van der Waals surface area contributed by atoms with Gasteiger partial charge in [-0.2, -0.15) is 0 Å². The van der Waals surface area contributed by atoms with Crippen molar-refractivity contribution >= 4 is 28.9 Å². The Bertz CT molecular complexity index is 963. The number of carbonyl (C=O) groups excluding carboxylic acids is 2. The third-order valence-corrected chi connectivity index (χ3v) is 5.78. The molecule has 0 N–H and O–H groups in total. The van der Waals surface area contributed by atoms with E-state index >= 15 is 0 Å². The molecule has 1 aliphatic carbocycles. The number of nitrogens with zero attached hydrogens (tertiary/aromatic N) is 1. The van der Waals surface area contributed by atoms with Gasteiger partial charge in [0.15, 0.2) is 11.6 Å². The van der Waals surface area contributed by atoms with Crippen LogP contribution in [0.5, 0.6) is 0 Å². The van der Waals surface area contributed by atoms with Crippen molar-refractivity contribution in [3.63, 3.8) is 0 Å². The molecule has 170 valence electrons. The van der Waals surface area contributed by atoms with Gasteiger partial charge in [-0.3, -0.25) is 9.59 Å². The molecule has 7 nitrogen and oxygen atoms in total. The molecule has 0 spiro atoms. The van der Waals surface area contributed by atoms with Gasteiger partial charge in [0.25, 0.3) is 0 Å². The van der Waals surface area contributed by atoms with Gasteiger partial charge in [-0.1, -0.05) is 35.9 Å². The molecule has 4 rings (SSSR count). The number of anilines is 1. The number of ketones is 2. The predicted molar refractivity (Wildman–Crippen MR) is 120 cm³/mol. The maximum absolute atomic E-state index is 13.5. The van der Waals surface area contributed by atoms with Crippen LogP contribution in [0.4, 0.5) is 5.69 Å². The van der Waals surface area contributed by atoms with Crippen molar-refractivity contribution in [2.24, 2.45) is 0 Å². The third kappa shape index (κ3) is 5.03. The quantitative estimate of drug-likeness (QED) is 0.553. The monoisotopic (exact) mass is 459 g/mol. The number of halogens is 1. The number of benzene rings is 2. The Hall–Kier alpha value is -2.29. The molecule has 2 aromatic rings. The minimum atomic E-state index is -0.240. The smallest absolute Gasteiger partial charge is 0.198 e. The number of ether oxygens (including phenoxy) is 4. The van der Waals surface area contributed by atoms with E-state index in [0.29, 0.717) is 88.3 Å². The highest BCUT2D eigenvalue weighted by Gasteiger charge is 2.34. The molecule has 0 aromatic heterocycles. The van der Waals surface area contributed by atoms with E-state index in [-0.39, 0.29) is 22.2 Å². The maximum atomic E-state index is 13.5. The summed E-state index contributed by atoms with van der Waals surface area (Å²) in [4.78, 5) is 28.6. The first kappa shape index (κ1) is 22.9. The van der Waals surface area contributed by atoms with Crippen molar-refractivity contribution in [1.82, 2.24) is 0 Å². The minimum Gasteiger partial charge on any atom is -0.377 e. The lowest BCUT2D eigenvalue weighted by atomic mass is 9.83. The number of hydrogen-bond acceptors (Lipinski definition) is 7. The van der Waals surface area contributed by atoms with E-state index < -0.39 is 0 Å². The zero-order valence-corrected chi connectivity index (χ0v) is 18.6. The highest BCUT2D eigenvalue weighted by Crippen LogP contribution is 2.36. The summed E-state index contributed by atoms with van der Waals surface area (Å²) in [6.45, 7) is 4.92. The van der Waals surface area contributed by atoms with E-state index in [0.717, 1.165) is 0 Å². The summed E-state index contributed by atoms with van der Waals surface area (Å²) in [7, 11) is 0. The summed E-state index contributed by atoms with van der Waals surface area (Å²) < 4.78 is 22.3. The Morgan fingerprint density at radius 3 is 1.72 bits per heavy atom. The Morgan fingerprint density at radius 2 is 1.12 bits per heavy atom. The zero-order valence-electron chi connectivity index (χ0n) is 17.8. The molecule has 0 atom stereocenters. The Morgan fingerprint density at radius 1 is 0.625 bits per heavy atom. The number of hydrogen-bond donors (Lipinski definition) is 0. The molecule has 1 saturated heterocycles. The van der Waals surface area contributed by atoms with Gasteiger partial charge in [0.1, 0.15) is 0 Å². The third-order valence-electron chi connectivity index (χ3n) is 5.47. The Balaban J connectivity index is 1.62. The molecule has 1 heterocycles. The lowest BCUT2D eigenvalue weighted by Crippen LogP contribution is -2.34. The molecular formula is C24H26ClNO6. The molecule has 0 unspecified atom stereocenters. The average Bonchev–Trinajstić information content (AvgIpc) is 2.81. The fourth-order valence-corrected chi connectivity index (χ4v) is 4.17. The van der Waals surface area contributed by atoms with Crippen molar-refractivity contribution in [2.45, 2.75) is 0 Å². The highest BCUT2D eigenvalue weighted by molar-refractivity contribution is 6.39. The van der Waals surface area contributed by atoms with Crippen LogP contribution in [-0.4, -0.2) is 77.5 Å². The van der Waals surface area contributed by atoms with Gasteiger partial charge in [-0.15, -0.1) is 0 Å². The molecule has 0 radical (unpaired) electrons. The fourth-order valence-electron chi connectivity index (χ4n) is 3.91. The van der Waals surface area contributed by atoms with E-state index in [1.54, 1.807) is 30.3 Å². The molecule has 32 heavy (non-hydrogen) atoms. The normalized spacial score (nSPS) is 19.0. The summed E-state index contributed by atoms with van der Waals surface area (Å²) >= 11 is 6.32. The Labute approximate surface area is 192 Å². The Kier molecular flexibility index (Phi) is 7.89. The largest absolute Gasteiger partial charge is 0.377 e. The molecule has 8 heteroatoms. The van der Waals surface area contributed by atoms with Crippen LogP contribution < -0.4 is 4.90 Å². The summed E-state index contributed by atoms with van der Waals surface area (Å²) in [6, 6.07) is 10.3. The van der Waals surface area contributed by atoms with Gasteiger partial charge in [0.2, 0.25) is 0 Å². The second kappa shape index (κ2) is 11.0. The molecule has 0 amide bonds. The topological polar surface area (TPSA) is 74.3 Å². The number of rotatable bonds is 1. The van der Waals surface area contributed by atoms with Crippen LogP contribution in [0.25, 0.3) is 0 Å². The summed E-state index contributed by atoms with van der Waals surface area (Å²) in [5.41, 5.74) is 2.05. The lowest BCUT2D eigenvalue weighted by Gasteiger charge is -2.29. The van der Waals surface area contributed by atoms with Crippen LogP contribution in [0.3, 0.4) is 0 Å². The second-order valence-electron chi connectivity index (χ2n) is 7.46. The molecule has 0 bridgehead atoms. The minimum absolute atomic E-state index is 0.195. The van der Waals surface area contributed by atoms with E-state index in [4.69, 9.17) is 30.5 Å². The van der Waals surface area contributed by atoms with Crippen molar-refractivity contribution < 1.29 is 28.5 Å². The summed E-state index contributed by atoms with van der Waals surface area (Å²) in [6.07, 6.45) is 0. The van der Waals surface area contributed by atoms with Crippen molar-refractivity contribution in [3.05, 3.63) is 63.7 Å². The van der Waals surface area contributed by atoms with Gasteiger partial charge in [-0.05, 0) is 12.1 Å². The first-order chi connectivity index (χ1) is 15.7. The summed E-state index contributed by atoms with van der Waals surface area (Å²) in [5.74, 6) is -0.436. The van der Waals surface area contributed by atoms with Gasteiger partial charge in [0, 0.05) is 29.9 Å². The fraction of sp³-hybridized carbons (Fsp3) is 0.417. The molecule has 2 aromatic carbocycles. The summed E-state index contributed by atoms with van der Waals surface area (Å²) in [5, 5.41) is 0.282. The van der Waals surface area contributed by atoms with E-state index in [2.05, 4.69) is 0 Å². The highest BCUT2D eigenvalue weighted by atomic mass is 35.5. The van der Waals surface area contributed by atoms with Gasteiger partial charge in [0.05, 0.1) is 69.0 Å². The van der Waals surface area contributed by atoms with Crippen LogP contribution in [0.15, 0.2) is 36.4 Å². The zero-order chi connectivity index (χ0) is 22.3. The van der Waals surface area contributed by atoms with Gasteiger partial charge in [-0.25, -0.2) is 0 Å². The average molecular weight is 460 g/mol. The second-order valence-corrected chi connectivity index (χ2v) is 7.86. The molecule has 0 saturated carbocycles. The van der Waals surface area contributed by atoms with Crippen molar-refractivity contribution in [1.29, 1.82) is 0 Å². The lowest BCUT2D eigenvalue weighted by molar-refractivity contribution is 0.00206. The first-order valence-electron chi connectivity index (χ1n) is 10.8. The van der Waals surface area contributed by atoms with Crippen molar-refractivity contribution in [3.8, 4) is 0 Å². The maximum Gasteiger partial charge on any atom is 0.198 e. The van der Waals surface area contributed by atoms with E-state index in [1.165, 1.54) is 0 Å². The standard InChI is InChI=1S/C24H26ClNO6/c25-19-5-1-3-17-21(19)24(28)22-18(23(17)27)4-2-6-20(22)26-7-9-29-11-13-31-15-16-32-14-12-30-10-8-26/h1-6H,7-16H2. The molecule has 1 aliphatic heterocycles. The van der Waals surface area contributed by atoms with Crippen LogP contribution in [0.2, 0.25) is 5.02 Å². The predicted octanol–water partition coefficient (Wildman–Crippen LogP) is 3.00. The van der Waals surface area contributed by atoms with Crippen LogP contribution >= 0.6 is 11.6 Å². The van der Waals surface area contributed by atoms with Gasteiger partial charge < -0.3 is 23.8 Å². The van der Waals surface area contributed by atoms with Crippen LogP contribution in [-0.2, 0) is 18.9 Å². The van der Waals surface area contributed by atoms with E-state index in [1.807, 2.05) is 11.0 Å². The number of fused-ring (bicyclic) bond motifs is 2. The van der Waals surface area contributed by atoms with Gasteiger partial charge >= 0.3 is 0 Å². The molecular weight excluding hydrogens is 434 g/mol. The van der Waals surface area contributed by atoms with Crippen molar-refractivity contribution in [2.75, 3.05) is 70.8 Å².